The third-order valence-corrected chi connectivity index (χ3v) is 2.10. The van der Waals surface area contributed by atoms with E-state index in [1.807, 2.05) is 24.3 Å². The van der Waals surface area contributed by atoms with Crippen LogP contribution in [0.15, 0.2) is 24.3 Å². The number of aliphatic hydroxyl groups excluding tert-OH is 1. The van der Waals surface area contributed by atoms with E-state index in [0.717, 1.165) is 11.1 Å². The highest BCUT2D eigenvalue weighted by Gasteiger charge is 2.06. The Morgan fingerprint density at radius 2 is 1.86 bits per heavy atom. The number of ether oxygens (including phenoxy) is 2. The van der Waals surface area contributed by atoms with Gasteiger partial charge >= 0.3 is 0 Å². The Hall–Kier alpha value is -0.900. The molecule has 1 N–H and O–H groups in total. The number of aliphatic hydroxyl groups is 1. The van der Waals surface area contributed by atoms with E-state index in [4.69, 9.17) is 14.6 Å². The zero-order valence-electron chi connectivity index (χ0n) is 8.56. The van der Waals surface area contributed by atoms with Gasteiger partial charge < -0.3 is 14.6 Å². The molecule has 1 rings (SSSR count). The quantitative estimate of drug-likeness (QED) is 0.722. The second kappa shape index (κ2) is 5.75. The normalized spacial score (nSPS) is 10.9. The Labute approximate surface area is 84.3 Å². The molecule has 0 bridgehead atoms. The predicted molar refractivity (Wildman–Crippen MR) is 53.9 cm³/mol. The van der Waals surface area contributed by atoms with Gasteiger partial charge in [0.05, 0.1) is 6.61 Å². The van der Waals surface area contributed by atoms with Crippen LogP contribution in [0.25, 0.3) is 0 Å². The smallest absolute Gasteiger partial charge is 0.160 e. The first-order valence-electron chi connectivity index (χ1n) is 4.54. The molecule has 0 atom stereocenters. The molecule has 78 valence electrons. The Morgan fingerprint density at radius 3 is 2.43 bits per heavy atom. The predicted octanol–water partition coefficient (Wildman–Crippen LogP) is 1.34. The molecule has 3 heteroatoms. The first-order chi connectivity index (χ1) is 6.80. The van der Waals surface area contributed by atoms with Gasteiger partial charge in [0, 0.05) is 20.6 Å². The van der Waals surface area contributed by atoms with Gasteiger partial charge in [-0.2, -0.15) is 0 Å². The fourth-order valence-electron chi connectivity index (χ4n) is 1.31. The minimum atomic E-state index is -0.219. The molecule has 0 aliphatic heterocycles. The van der Waals surface area contributed by atoms with E-state index in [1.165, 1.54) is 0 Å². The summed E-state index contributed by atoms with van der Waals surface area (Å²) in [4.78, 5) is 0. The maximum absolute atomic E-state index is 8.95. The maximum atomic E-state index is 8.95. The zero-order valence-corrected chi connectivity index (χ0v) is 8.56. The van der Waals surface area contributed by atoms with E-state index in [9.17, 15) is 0 Å². The Bertz CT molecular complexity index is 269. The van der Waals surface area contributed by atoms with Crippen LogP contribution >= 0.6 is 0 Å². The standard InChI is InChI=1S/C11H16O3/c1-13-11(14-2)7-9-4-3-5-10(6-9)8-12/h3-6,11-12H,7-8H2,1-2H3. The minimum Gasteiger partial charge on any atom is -0.392 e. The van der Waals surface area contributed by atoms with E-state index in [-0.39, 0.29) is 12.9 Å². The first-order valence-corrected chi connectivity index (χ1v) is 4.54. The molecule has 1 aromatic rings. The number of rotatable bonds is 5. The lowest BCUT2D eigenvalue weighted by Crippen LogP contribution is -2.16. The summed E-state index contributed by atoms with van der Waals surface area (Å²) >= 11 is 0. The van der Waals surface area contributed by atoms with Crippen molar-refractivity contribution < 1.29 is 14.6 Å². The largest absolute Gasteiger partial charge is 0.392 e. The summed E-state index contributed by atoms with van der Waals surface area (Å²) in [6.45, 7) is 0.0679. The molecule has 0 heterocycles. The lowest BCUT2D eigenvalue weighted by atomic mass is 10.1. The lowest BCUT2D eigenvalue weighted by molar-refractivity contribution is -0.100. The molecule has 0 saturated heterocycles. The highest BCUT2D eigenvalue weighted by atomic mass is 16.7. The number of hydrogen-bond acceptors (Lipinski definition) is 3. The van der Waals surface area contributed by atoms with Gasteiger partial charge in [0.15, 0.2) is 6.29 Å². The van der Waals surface area contributed by atoms with Crippen molar-refractivity contribution in [3.63, 3.8) is 0 Å². The molecule has 0 saturated carbocycles. The monoisotopic (exact) mass is 196 g/mol. The van der Waals surface area contributed by atoms with Gasteiger partial charge in [0.25, 0.3) is 0 Å². The molecule has 3 nitrogen and oxygen atoms in total. The van der Waals surface area contributed by atoms with Crippen molar-refractivity contribution in [3.8, 4) is 0 Å². The van der Waals surface area contributed by atoms with Crippen LogP contribution in [-0.4, -0.2) is 25.6 Å². The van der Waals surface area contributed by atoms with Crippen LogP contribution < -0.4 is 0 Å². The van der Waals surface area contributed by atoms with E-state index in [0.29, 0.717) is 6.42 Å². The van der Waals surface area contributed by atoms with Gasteiger partial charge in [-0.3, -0.25) is 0 Å². The van der Waals surface area contributed by atoms with Gasteiger partial charge in [-0.05, 0) is 11.1 Å². The van der Waals surface area contributed by atoms with E-state index in [1.54, 1.807) is 14.2 Å². The summed E-state index contributed by atoms with van der Waals surface area (Å²) < 4.78 is 10.2. The zero-order chi connectivity index (χ0) is 10.4. The molecule has 1 aromatic carbocycles. The molecule has 0 spiro atoms. The summed E-state index contributed by atoms with van der Waals surface area (Å²) in [5, 5.41) is 8.95. The van der Waals surface area contributed by atoms with Crippen LogP contribution in [-0.2, 0) is 22.5 Å². The highest BCUT2D eigenvalue weighted by molar-refractivity contribution is 5.23. The molecule has 0 aliphatic rings. The molecular weight excluding hydrogens is 180 g/mol. The van der Waals surface area contributed by atoms with Crippen molar-refractivity contribution in [2.75, 3.05) is 14.2 Å². The number of benzene rings is 1. The first kappa shape index (κ1) is 11.2. The van der Waals surface area contributed by atoms with Gasteiger partial charge in [-0.15, -0.1) is 0 Å². The molecule has 0 unspecified atom stereocenters. The summed E-state index contributed by atoms with van der Waals surface area (Å²) in [5.74, 6) is 0. The summed E-state index contributed by atoms with van der Waals surface area (Å²) in [6, 6.07) is 7.75. The van der Waals surface area contributed by atoms with Crippen molar-refractivity contribution in [3.05, 3.63) is 35.4 Å². The van der Waals surface area contributed by atoms with E-state index < -0.39 is 0 Å². The second-order valence-electron chi connectivity index (χ2n) is 3.08. The second-order valence-corrected chi connectivity index (χ2v) is 3.08. The fraction of sp³-hybridized carbons (Fsp3) is 0.455. The third kappa shape index (κ3) is 3.10. The maximum Gasteiger partial charge on any atom is 0.160 e. The lowest BCUT2D eigenvalue weighted by Gasteiger charge is -2.13. The number of hydrogen-bond donors (Lipinski definition) is 1. The van der Waals surface area contributed by atoms with Gasteiger partial charge in [-0.1, -0.05) is 24.3 Å². The average molecular weight is 196 g/mol. The molecule has 0 aromatic heterocycles. The SMILES string of the molecule is COC(Cc1cccc(CO)c1)OC. The van der Waals surface area contributed by atoms with Crippen LogP contribution in [0, 0.1) is 0 Å². The van der Waals surface area contributed by atoms with Crippen LogP contribution in [0.1, 0.15) is 11.1 Å². The average Bonchev–Trinajstić information content (AvgIpc) is 2.26. The third-order valence-electron chi connectivity index (χ3n) is 2.10. The fourth-order valence-corrected chi connectivity index (χ4v) is 1.31. The van der Waals surface area contributed by atoms with Gasteiger partial charge in [0.2, 0.25) is 0 Å². The topological polar surface area (TPSA) is 38.7 Å². The van der Waals surface area contributed by atoms with Crippen LogP contribution in [0.4, 0.5) is 0 Å². The van der Waals surface area contributed by atoms with Crippen LogP contribution in [0.2, 0.25) is 0 Å². The number of methoxy groups -OCH3 is 2. The summed E-state index contributed by atoms with van der Waals surface area (Å²) in [6.07, 6.45) is 0.477. The van der Waals surface area contributed by atoms with Crippen molar-refractivity contribution in [2.45, 2.75) is 19.3 Å². The van der Waals surface area contributed by atoms with Crippen molar-refractivity contribution in [1.82, 2.24) is 0 Å². The molecule has 0 amide bonds. The molecular formula is C11H16O3. The van der Waals surface area contributed by atoms with Crippen molar-refractivity contribution >= 4 is 0 Å². The van der Waals surface area contributed by atoms with Crippen molar-refractivity contribution in [1.29, 1.82) is 0 Å². The van der Waals surface area contributed by atoms with Crippen molar-refractivity contribution in [2.24, 2.45) is 0 Å². The van der Waals surface area contributed by atoms with E-state index in [2.05, 4.69) is 0 Å². The van der Waals surface area contributed by atoms with Crippen LogP contribution in [0.3, 0.4) is 0 Å². The minimum absolute atomic E-state index is 0.0679. The summed E-state index contributed by atoms with van der Waals surface area (Å²) in [5.41, 5.74) is 2.01. The highest BCUT2D eigenvalue weighted by Crippen LogP contribution is 2.09. The molecule has 0 aliphatic carbocycles. The molecule has 0 fully saturated rings. The Morgan fingerprint density at radius 1 is 1.21 bits per heavy atom. The van der Waals surface area contributed by atoms with Gasteiger partial charge in [0.1, 0.15) is 0 Å². The van der Waals surface area contributed by atoms with Gasteiger partial charge in [-0.25, -0.2) is 0 Å². The van der Waals surface area contributed by atoms with Crippen LogP contribution in [0.5, 0.6) is 0 Å². The molecule has 14 heavy (non-hydrogen) atoms. The Balaban J connectivity index is 2.65. The Kier molecular flexibility index (Phi) is 4.59. The molecule has 0 radical (unpaired) electrons. The van der Waals surface area contributed by atoms with E-state index >= 15 is 0 Å². The summed E-state index contributed by atoms with van der Waals surface area (Å²) in [7, 11) is 3.23.